The van der Waals surface area contributed by atoms with Crippen molar-refractivity contribution in [3.05, 3.63) is 54.1 Å². The van der Waals surface area contributed by atoms with Crippen molar-refractivity contribution in [3.63, 3.8) is 0 Å². The molecular weight excluding hydrogens is 258 g/mol. The molecule has 0 bridgehead atoms. The van der Waals surface area contributed by atoms with E-state index in [2.05, 4.69) is 48.2 Å². The fourth-order valence-corrected chi connectivity index (χ4v) is 3.22. The first kappa shape index (κ1) is 14.0. The molecule has 0 spiro atoms. The number of fused-ring (bicyclic) bond motifs is 1. The molecule has 0 saturated carbocycles. The molecule has 1 atom stereocenters. The van der Waals surface area contributed by atoms with E-state index >= 15 is 0 Å². The van der Waals surface area contributed by atoms with Gasteiger partial charge in [0.2, 0.25) is 0 Å². The number of hydrogen-bond donors (Lipinski definition) is 0. The number of hydrogen-bond acceptors (Lipinski definition) is 2. The molecule has 1 aliphatic heterocycles. The summed E-state index contributed by atoms with van der Waals surface area (Å²) in [5.41, 5.74) is 4.10. The second kappa shape index (κ2) is 6.21. The Morgan fingerprint density at radius 3 is 2.57 bits per heavy atom. The largest absolute Gasteiger partial charge is 0.497 e. The van der Waals surface area contributed by atoms with Gasteiger partial charge in [-0.2, -0.15) is 0 Å². The Kier molecular flexibility index (Phi) is 4.14. The smallest absolute Gasteiger partial charge is 0.119 e. The average Bonchev–Trinajstić information content (AvgIpc) is 2.91. The number of nitrogens with zero attached hydrogens (tertiary/aromatic N) is 1. The molecule has 2 nitrogen and oxygen atoms in total. The highest BCUT2D eigenvalue weighted by Gasteiger charge is 2.29. The van der Waals surface area contributed by atoms with E-state index in [9.17, 15) is 0 Å². The lowest BCUT2D eigenvalue weighted by Gasteiger charge is -2.28. The molecule has 1 heterocycles. The Balaban J connectivity index is 1.93. The molecule has 0 fully saturated rings. The quantitative estimate of drug-likeness (QED) is 0.769. The molecule has 2 heteroatoms. The number of benzene rings is 2. The van der Waals surface area contributed by atoms with Gasteiger partial charge in [0.1, 0.15) is 5.75 Å². The van der Waals surface area contributed by atoms with Gasteiger partial charge < -0.3 is 9.64 Å². The minimum absolute atomic E-state index is 0.579. The molecular formula is C19H23NO. The summed E-state index contributed by atoms with van der Waals surface area (Å²) in [6.45, 7) is 2.26. The summed E-state index contributed by atoms with van der Waals surface area (Å²) in [4.78, 5) is 2.50. The summed E-state index contributed by atoms with van der Waals surface area (Å²) in [6, 6.07) is 17.8. The van der Waals surface area contributed by atoms with E-state index in [-0.39, 0.29) is 0 Å². The lowest BCUT2D eigenvalue weighted by Crippen LogP contribution is -2.27. The van der Waals surface area contributed by atoms with Crippen LogP contribution in [-0.2, 0) is 6.42 Å². The third kappa shape index (κ3) is 2.76. The van der Waals surface area contributed by atoms with E-state index in [0.717, 1.165) is 12.2 Å². The van der Waals surface area contributed by atoms with Crippen LogP contribution in [0.3, 0.4) is 0 Å². The highest BCUT2D eigenvalue weighted by Crippen LogP contribution is 2.40. The molecule has 0 unspecified atom stereocenters. The van der Waals surface area contributed by atoms with Crippen molar-refractivity contribution in [1.82, 2.24) is 0 Å². The van der Waals surface area contributed by atoms with Gasteiger partial charge in [-0.15, -0.1) is 0 Å². The topological polar surface area (TPSA) is 12.5 Å². The summed E-state index contributed by atoms with van der Waals surface area (Å²) >= 11 is 0. The fourth-order valence-electron chi connectivity index (χ4n) is 3.22. The van der Waals surface area contributed by atoms with Gasteiger partial charge in [0.05, 0.1) is 7.11 Å². The fraction of sp³-hybridized carbons (Fsp3) is 0.368. The van der Waals surface area contributed by atoms with Crippen LogP contribution >= 0.6 is 0 Å². The highest BCUT2D eigenvalue weighted by molar-refractivity contribution is 5.71. The van der Waals surface area contributed by atoms with Crippen LogP contribution < -0.4 is 9.64 Å². The molecule has 3 rings (SSSR count). The number of unbranched alkanes of at least 4 members (excludes halogenated alkanes) is 1. The summed E-state index contributed by atoms with van der Waals surface area (Å²) in [5.74, 6) is 0.913. The zero-order valence-electron chi connectivity index (χ0n) is 12.9. The predicted octanol–water partition coefficient (Wildman–Crippen LogP) is 4.95. The molecule has 0 N–H and O–H groups in total. The predicted molar refractivity (Wildman–Crippen MR) is 88.6 cm³/mol. The van der Waals surface area contributed by atoms with Gasteiger partial charge in [-0.1, -0.05) is 38.0 Å². The summed E-state index contributed by atoms with van der Waals surface area (Å²) < 4.78 is 5.27. The first-order valence-corrected chi connectivity index (χ1v) is 7.84. The van der Waals surface area contributed by atoms with Crippen molar-refractivity contribution in [3.8, 4) is 5.75 Å². The van der Waals surface area contributed by atoms with E-state index in [1.54, 1.807) is 7.11 Å². The van der Waals surface area contributed by atoms with Crippen LogP contribution in [0, 0.1) is 0 Å². The van der Waals surface area contributed by atoms with Gasteiger partial charge in [-0.25, -0.2) is 0 Å². The zero-order chi connectivity index (χ0) is 14.7. The van der Waals surface area contributed by atoms with Crippen molar-refractivity contribution in [1.29, 1.82) is 0 Å². The Morgan fingerprint density at radius 2 is 1.86 bits per heavy atom. The Morgan fingerprint density at radius 1 is 1.10 bits per heavy atom. The monoisotopic (exact) mass is 281 g/mol. The van der Waals surface area contributed by atoms with Crippen molar-refractivity contribution in [2.45, 2.75) is 38.6 Å². The van der Waals surface area contributed by atoms with Crippen molar-refractivity contribution >= 4 is 11.4 Å². The summed E-state index contributed by atoms with van der Waals surface area (Å²) in [7, 11) is 1.71. The van der Waals surface area contributed by atoms with Crippen molar-refractivity contribution < 1.29 is 4.74 Å². The second-order valence-corrected chi connectivity index (χ2v) is 5.70. The van der Waals surface area contributed by atoms with Crippen molar-refractivity contribution in [2.75, 3.05) is 12.0 Å². The third-order valence-electron chi connectivity index (χ3n) is 4.31. The zero-order valence-corrected chi connectivity index (χ0v) is 12.9. The third-order valence-corrected chi connectivity index (χ3v) is 4.31. The number of para-hydroxylation sites is 1. The van der Waals surface area contributed by atoms with Gasteiger partial charge in [-0.3, -0.25) is 0 Å². The van der Waals surface area contributed by atoms with Gasteiger partial charge in [-0.05, 0) is 48.7 Å². The van der Waals surface area contributed by atoms with Gasteiger partial charge in [0.25, 0.3) is 0 Å². The number of anilines is 2. The van der Waals surface area contributed by atoms with Crippen LogP contribution in [0.2, 0.25) is 0 Å². The van der Waals surface area contributed by atoms with Crippen LogP contribution in [0.15, 0.2) is 48.5 Å². The van der Waals surface area contributed by atoms with Crippen LogP contribution in [0.5, 0.6) is 5.75 Å². The molecule has 21 heavy (non-hydrogen) atoms. The maximum atomic E-state index is 5.27. The van der Waals surface area contributed by atoms with Crippen LogP contribution in [0.25, 0.3) is 0 Å². The molecule has 0 radical (unpaired) electrons. The van der Waals surface area contributed by atoms with Gasteiger partial charge in [0, 0.05) is 17.4 Å². The standard InChI is InChI=1S/C19H23NO/c1-3-4-8-17-14-15-7-5-6-9-19(15)20(17)16-10-12-18(21-2)13-11-16/h5-7,9-13,17H,3-4,8,14H2,1-2H3/t17-/m1/s1. The minimum atomic E-state index is 0.579. The number of ether oxygens (including phenoxy) is 1. The Bertz CT molecular complexity index is 591. The van der Waals surface area contributed by atoms with E-state index in [4.69, 9.17) is 4.74 Å². The lowest BCUT2D eigenvalue weighted by molar-refractivity contribution is 0.415. The second-order valence-electron chi connectivity index (χ2n) is 5.70. The van der Waals surface area contributed by atoms with Gasteiger partial charge in [0.15, 0.2) is 0 Å². The number of rotatable bonds is 5. The number of methoxy groups -OCH3 is 1. The molecule has 0 amide bonds. The molecule has 0 aliphatic carbocycles. The van der Waals surface area contributed by atoms with Crippen LogP contribution in [0.4, 0.5) is 11.4 Å². The first-order valence-electron chi connectivity index (χ1n) is 7.84. The highest BCUT2D eigenvalue weighted by atomic mass is 16.5. The van der Waals surface area contributed by atoms with E-state index in [0.29, 0.717) is 6.04 Å². The van der Waals surface area contributed by atoms with Crippen LogP contribution in [0.1, 0.15) is 31.7 Å². The average molecular weight is 281 g/mol. The van der Waals surface area contributed by atoms with Gasteiger partial charge >= 0.3 is 0 Å². The Hall–Kier alpha value is -1.96. The summed E-state index contributed by atoms with van der Waals surface area (Å²) in [6.07, 6.45) is 4.94. The molecule has 0 aromatic heterocycles. The minimum Gasteiger partial charge on any atom is -0.497 e. The maximum Gasteiger partial charge on any atom is 0.119 e. The van der Waals surface area contributed by atoms with Crippen LogP contribution in [-0.4, -0.2) is 13.2 Å². The molecule has 1 aliphatic rings. The maximum absolute atomic E-state index is 5.27. The first-order chi connectivity index (χ1) is 10.3. The summed E-state index contributed by atoms with van der Waals surface area (Å²) in [5, 5.41) is 0. The Labute approximate surface area is 127 Å². The molecule has 110 valence electrons. The molecule has 0 saturated heterocycles. The van der Waals surface area contributed by atoms with E-state index in [1.165, 1.54) is 36.2 Å². The van der Waals surface area contributed by atoms with E-state index in [1.807, 2.05) is 12.1 Å². The normalized spacial score (nSPS) is 16.9. The SMILES string of the molecule is CCCC[C@@H]1Cc2ccccc2N1c1ccc(OC)cc1. The molecule has 2 aromatic carbocycles. The van der Waals surface area contributed by atoms with Crippen molar-refractivity contribution in [2.24, 2.45) is 0 Å². The molecule has 2 aromatic rings. The van der Waals surface area contributed by atoms with E-state index < -0.39 is 0 Å². The lowest BCUT2D eigenvalue weighted by atomic mass is 10.0.